The van der Waals surface area contributed by atoms with Gasteiger partial charge in [0.1, 0.15) is 24.3 Å². The van der Waals surface area contributed by atoms with E-state index < -0.39 is 16.1 Å². The second-order valence-electron chi connectivity index (χ2n) is 11.0. The SMILES string of the molecule is CCCCCCCCS(=O)(=O)N1CCN(c2cc(-n3ccnc3)ncn2)CC1CC(=O)NCCc1ccc2c(c1)OCO2. The van der Waals surface area contributed by atoms with Crippen LogP contribution in [0.15, 0.2) is 49.3 Å². The van der Waals surface area contributed by atoms with E-state index in [0.717, 1.165) is 37.0 Å². The minimum absolute atomic E-state index is 0.0623. The van der Waals surface area contributed by atoms with E-state index in [1.54, 1.807) is 27.6 Å². The molecular weight excluding hydrogens is 570 g/mol. The molecule has 5 rings (SSSR count). The number of sulfonamides is 1. The van der Waals surface area contributed by atoms with Gasteiger partial charge in [-0.2, -0.15) is 4.31 Å². The number of carbonyl (C=O) groups is 1. The molecule has 43 heavy (non-hydrogen) atoms. The number of rotatable bonds is 15. The quantitative estimate of drug-likeness (QED) is 0.257. The van der Waals surface area contributed by atoms with Gasteiger partial charge in [0.25, 0.3) is 0 Å². The first-order chi connectivity index (χ1) is 20.9. The summed E-state index contributed by atoms with van der Waals surface area (Å²) in [5.41, 5.74) is 1.02. The summed E-state index contributed by atoms with van der Waals surface area (Å²) < 4.78 is 41.2. The van der Waals surface area contributed by atoms with Crippen molar-refractivity contribution >= 4 is 21.7 Å². The number of carbonyl (C=O) groups excluding carboxylic acids is 1. The molecule has 1 fully saturated rings. The van der Waals surface area contributed by atoms with Crippen LogP contribution in [0.5, 0.6) is 11.5 Å². The standard InChI is InChI=1S/C30H41N7O5S/c1-2-3-4-5-6-7-16-43(39,40)37-15-14-35(28-19-29(34-21-33-28)36-13-12-31-22-36)20-25(37)18-30(38)32-11-10-24-8-9-26-27(17-24)42-23-41-26/h8-9,12-13,17,19,21-22,25H,2-7,10-11,14-16,18,20,23H2,1H3,(H,32,38). The van der Waals surface area contributed by atoms with Crippen molar-refractivity contribution in [2.24, 2.45) is 0 Å². The van der Waals surface area contributed by atoms with Gasteiger partial charge in [-0.1, -0.05) is 45.1 Å². The van der Waals surface area contributed by atoms with Crippen LogP contribution < -0.4 is 19.7 Å². The molecule has 1 unspecified atom stereocenters. The molecular formula is C30H41N7O5S. The number of anilines is 1. The predicted molar refractivity (Wildman–Crippen MR) is 163 cm³/mol. The van der Waals surface area contributed by atoms with E-state index in [1.807, 2.05) is 29.2 Å². The van der Waals surface area contributed by atoms with Gasteiger partial charge in [-0.05, 0) is 30.5 Å². The van der Waals surface area contributed by atoms with Crippen molar-refractivity contribution in [1.29, 1.82) is 0 Å². The summed E-state index contributed by atoms with van der Waals surface area (Å²) in [6, 6.07) is 7.08. The fraction of sp³-hybridized carbons (Fsp3) is 0.533. The summed E-state index contributed by atoms with van der Waals surface area (Å²) >= 11 is 0. The van der Waals surface area contributed by atoms with E-state index in [9.17, 15) is 13.2 Å². The number of benzene rings is 1. The normalized spacial score (nSPS) is 16.9. The molecule has 0 bridgehead atoms. The highest BCUT2D eigenvalue weighted by molar-refractivity contribution is 7.89. The van der Waals surface area contributed by atoms with Crippen LogP contribution in [-0.4, -0.2) is 82.9 Å². The molecule has 1 N–H and O–H groups in total. The largest absolute Gasteiger partial charge is 0.454 e. The average Bonchev–Trinajstić information content (AvgIpc) is 3.72. The smallest absolute Gasteiger partial charge is 0.231 e. The van der Waals surface area contributed by atoms with Crippen molar-refractivity contribution < 1.29 is 22.7 Å². The third-order valence-corrected chi connectivity index (χ3v) is 9.87. The van der Waals surface area contributed by atoms with Gasteiger partial charge < -0.3 is 19.7 Å². The summed E-state index contributed by atoms with van der Waals surface area (Å²) in [7, 11) is -3.53. The van der Waals surface area contributed by atoms with Crippen molar-refractivity contribution in [3.63, 3.8) is 0 Å². The molecule has 12 nitrogen and oxygen atoms in total. The number of nitrogens with one attached hydrogen (secondary N) is 1. The topological polar surface area (TPSA) is 132 Å². The van der Waals surface area contributed by atoms with Gasteiger partial charge in [-0.15, -0.1) is 0 Å². The molecule has 1 amide bonds. The third kappa shape index (κ3) is 8.23. The lowest BCUT2D eigenvalue weighted by Crippen LogP contribution is -2.57. The van der Waals surface area contributed by atoms with Crippen LogP contribution in [0, 0.1) is 0 Å². The van der Waals surface area contributed by atoms with Crippen LogP contribution in [0.4, 0.5) is 5.82 Å². The molecule has 0 aliphatic carbocycles. The van der Waals surface area contributed by atoms with Crippen molar-refractivity contribution in [3.8, 4) is 17.3 Å². The Morgan fingerprint density at radius 1 is 1.02 bits per heavy atom. The monoisotopic (exact) mass is 611 g/mol. The summed E-state index contributed by atoms with van der Waals surface area (Å²) in [5.74, 6) is 2.68. The van der Waals surface area contributed by atoms with Gasteiger partial charge in [0.15, 0.2) is 11.5 Å². The summed E-state index contributed by atoms with van der Waals surface area (Å²) in [6.07, 6.45) is 13.3. The Kier molecular flexibility index (Phi) is 10.5. The summed E-state index contributed by atoms with van der Waals surface area (Å²) in [4.78, 5) is 28.1. The average molecular weight is 612 g/mol. The van der Waals surface area contributed by atoms with Crippen LogP contribution in [0.25, 0.3) is 5.82 Å². The fourth-order valence-corrected chi connectivity index (χ4v) is 7.29. The molecule has 232 valence electrons. The molecule has 2 aliphatic heterocycles. The first kappa shape index (κ1) is 30.7. The zero-order valence-corrected chi connectivity index (χ0v) is 25.5. The van der Waals surface area contributed by atoms with Gasteiger partial charge in [0.05, 0.1) is 11.8 Å². The Labute approximate surface area is 253 Å². The lowest BCUT2D eigenvalue weighted by molar-refractivity contribution is -0.121. The fourth-order valence-electron chi connectivity index (χ4n) is 5.54. The highest BCUT2D eigenvalue weighted by Crippen LogP contribution is 2.32. The zero-order chi connectivity index (χ0) is 30.1. The number of piperazine rings is 1. The molecule has 0 spiro atoms. The molecule has 0 saturated carbocycles. The van der Waals surface area contributed by atoms with Crippen molar-refractivity contribution in [2.45, 2.75) is 64.3 Å². The van der Waals surface area contributed by atoms with Gasteiger partial charge in [-0.3, -0.25) is 9.36 Å². The Morgan fingerprint density at radius 3 is 2.67 bits per heavy atom. The Balaban J connectivity index is 1.23. The number of aromatic nitrogens is 4. The Hall–Kier alpha value is -3.71. The Morgan fingerprint density at radius 2 is 1.84 bits per heavy atom. The molecule has 1 saturated heterocycles. The van der Waals surface area contributed by atoms with Crippen molar-refractivity contribution in [1.82, 2.24) is 29.1 Å². The van der Waals surface area contributed by atoms with E-state index in [4.69, 9.17) is 9.47 Å². The molecule has 1 atom stereocenters. The molecule has 3 aromatic rings. The number of hydrogen-bond acceptors (Lipinski definition) is 9. The Bertz CT molecular complexity index is 1450. The number of imidazole rings is 1. The lowest BCUT2D eigenvalue weighted by atomic mass is 10.1. The van der Waals surface area contributed by atoms with Gasteiger partial charge in [0.2, 0.25) is 22.7 Å². The predicted octanol–water partition coefficient (Wildman–Crippen LogP) is 3.32. The number of nitrogens with zero attached hydrogens (tertiary/aromatic N) is 6. The van der Waals surface area contributed by atoms with E-state index >= 15 is 0 Å². The van der Waals surface area contributed by atoms with Crippen LogP contribution in [-0.2, 0) is 21.2 Å². The molecule has 2 aromatic heterocycles. The lowest BCUT2D eigenvalue weighted by Gasteiger charge is -2.41. The maximum absolute atomic E-state index is 13.5. The number of hydrogen-bond donors (Lipinski definition) is 1. The van der Waals surface area contributed by atoms with Crippen molar-refractivity contribution in [3.05, 3.63) is 54.9 Å². The molecule has 4 heterocycles. The van der Waals surface area contributed by atoms with E-state index in [0.29, 0.717) is 49.9 Å². The van der Waals surface area contributed by atoms with E-state index in [1.165, 1.54) is 12.7 Å². The van der Waals surface area contributed by atoms with Crippen LogP contribution in [0.2, 0.25) is 0 Å². The van der Waals surface area contributed by atoms with Crippen LogP contribution >= 0.6 is 0 Å². The number of unbranched alkanes of at least 4 members (excludes halogenated alkanes) is 5. The molecule has 0 radical (unpaired) electrons. The van der Waals surface area contributed by atoms with Crippen LogP contribution in [0.3, 0.4) is 0 Å². The summed E-state index contributed by atoms with van der Waals surface area (Å²) in [6.45, 7) is 3.92. The molecule has 2 aliphatic rings. The molecule has 13 heteroatoms. The highest BCUT2D eigenvalue weighted by Gasteiger charge is 2.36. The number of fused-ring (bicyclic) bond motifs is 1. The van der Waals surface area contributed by atoms with E-state index in [2.05, 4.69) is 27.2 Å². The van der Waals surface area contributed by atoms with Crippen molar-refractivity contribution in [2.75, 3.05) is 43.6 Å². The van der Waals surface area contributed by atoms with E-state index in [-0.39, 0.29) is 31.4 Å². The van der Waals surface area contributed by atoms with Crippen LogP contribution in [0.1, 0.15) is 57.4 Å². The zero-order valence-electron chi connectivity index (χ0n) is 24.7. The second-order valence-corrected chi connectivity index (χ2v) is 13.0. The number of ether oxygens (including phenoxy) is 2. The highest BCUT2D eigenvalue weighted by atomic mass is 32.2. The third-order valence-electron chi connectivity index (χ3n) is 7.87. The minimum atomic E-state index is -3.53. The maximum atomic E-state index is 13.5. The van der Waals surface area contributed by atoms with Gasteiger partial charge in [-0.25, -0.2) is 23.4 Å². The minimum Gasteiger partial charge on any atom is -0.454 e. The maximum Gasteiger partial charge on any atom is 0.231 e. The molecule has 1 aromatic carbocycles. The first-order valence-electron chi connectivity index (χ1n) is 15.1. The van der Waals surface area contributed by atoms with Gasteiger partial charge >= 0.3 is 0 Å². The summed E-state index contributed by atoms with van der Waals surface area (Å²) in [5, 5.41) is 2.99. The second kappa shape index (κ2) is 14.6. The number of amides is 1. The first-order valence-corrected chi connectivity index (χ1v) is 16.7. The van der Waals surface area contributed by atoms with Gasteiger partial charge in [0, 0.05) is 51.1 Å².